The maximum Gasteiger partial charge on any atom is 0.418 e. The fourth-order valence-electron chi connectivity index (χ4n) is 2.87. The molecule has 0 unspecified atom stereocenters. The molecule has 2 N–H and O–H groups in total. The third-order valence-electron chi connectivity index (χ3n) is 4.65. The third kappa shape index (κ3) is 4.94. The number of ether oxygens (including phenoxy) is 1. The van der Waals surface area contributed by atoms with E-state index in [2.05, 4.69) is 35.6 Å². The van der Waals surface area contributed by atoms with Crippen LogP contribution in [0.15, 0.2) is 37.1 Å². The van der Waals surface area contributed by atoms with Gasteiger partial charge < -0.3 is 15.0 Å². The fraction of sp³-hybridized carbons (Fsp3) is 0.286. The van der Waals surface area contributed by atoms with Gasteiger partial charge in [0, 0.05) is 25.7 Å². The largest absolute Gasteiger partial charge is 0.418 e. The smallest absolute Gasteiger partial charge is 0.387 e. The molecule has 3 aromatic rings. The van der Waals surface area contributed by atoms with Crippen molar-refractivity contribution in [1.29, 1.82) is 0 Å². The molecule has 0 bridgehead atoms. The standard InChI is InChI=1S/C21H22N8O3/c1-12-4-7-15(17(25-12)20(30)29(2)3)28-21(31)32-19-18(26-14-8-22-11-23-9-14)24-10-16(27-19)13-5-6-13/h4,7-11,13H,5-6H2,1-3H3,(H,24,26)(H,28,31). The Bertz CT molecular complexity index is 1150. The molecule has 1 saturated carbocycles. The van der Waals surface area contributed by atoms with Crippen LogP contribution in [0.3, 0.4) is 0 Å². The SMILES string of the molecule is Cc1ccc(NC(=O)Oc2nc(C3CC3)cnc2Nc2cncnc2)c(C(=O)N(C)C)n1. The minimum atomic E-state index is -0.821. The summed E-state index contributed by atoms with van der Waals surface area (Å²) in [6.07, 6.45) is 7.40. The van der Waals surface area contributed by atoms with Gasteiger partial charge in [-0.05, 0) is 31.9 Å². The third-order valence-corrected chi connectivity index (χ3v) is 4.65. The summed E-state index contributed by atoms with van der Waals surface area (Å²) >= 11 is 0. The van der Waals surface area contributed by atoms with Crippen LogP contribution in [0.4, 0.5) is 22.0 Å². The summed E-state index contributed by atoms with van der Waals surface area (Å²) in [5.41, 5.74) is 2.31. The predicted molar refractivity (Wildman–Crippen MR) is 116 cm³/mol. The van der Waals surface area contributed by atoms with Crippen LogP contribution in [-0.2, 0) is 0 Å². The van der Waals surface area contributed by atoms with E-state index < -0.39 is 6.09 Å². The van der Waals surface area contributed by atoms with E-state index in [1.165, 1.54) is 11.2 Å². The maximum atomic E-state index is 12.7. The molecule has 4 rings (SSSR count). The average molecular weight is 434 g/mol. The molecule has 0 aliphatic heterocycles. The van der Waals surface area contributed by atoms with Crippen LogP contribution in [0, 0.1) is 6.92 Å². The van der Waals surface area contributed by atoms with E-state index in [0.29, 0.717) is 17.3 Å². The highest BCUT2D eigenvalue weighted by molar-refractivity contribution is 6.01. The Balaban J connectivity index is 1.58. The number of aryl methyl sites for hydroxylation is 1. The Morgan fingerprint density at radius 1 is 1.09 bits per heavy atom. The Hall–Kier alpha value is -4.15. The molecular weight excluding hydrogens is 412 g/mol. The Labute approximate surface area is 184 Å². The van der Waals surface area contributed by atoms with Crippen LogP contribution < -0.4 is 15.4 Å². The zero-order valence-electron chi connectivity index (χ0n) is 17.9. The van der Waals surface area contributed by atoms with E-state index in [0.717, 1.165) is 18.5 Å². The molecule has 1 aliphatic carbocycles. The summed E-state index contributed by atoms with van der Waals surface area (Å²) in [5, 5.41) is 5.59. The molecular formula is C21H22N8O3. The minimum absolute atomic E-state index is 0.0105. The molecule has 1 aliphatic rings. The van der Waals surface area contributed by atoms with Crippen molar-refractivity contribution >= 4 is 29.2 Å². The normalized spacial score (nSPS) is 12.7. The summed E-state index contributed by atoms with van der Waals surface area (Å²) in [7, 11) is 3.22. The minimum Gasteiger partial charge on any atom is -0.387 e. The molecule has 0 saturated heterocycles. The number of pyridine rings is 1. The topological polar surface area (TPSA) is 135 Å². The molecule has 0 aromatic carbocycles. The second-order valence-electron chi connectivity index (χ2n) is 7.54. The molecule has 3 aromatic heterocycles. The highest BCUT2D eigenvalue weighted by Gasteiger charge is 2.27. The van der Waals surface area contributed by atoms with Crippen molar-refractivity contribution in [2.24, 2.45) is 0 Å². The van der Waals surface area contributed by atoms with E-state index in [4.69, 9.17) is 4.74 Å². The summed E-state index contributed by atoms with van der Waals surface area (Å²) < 4.78 is 5.49. The van der Waals surface area contributed by atoms with Gasteiger partial charge in [0.1, 0.15) is 6.33 Å². The van der Waals surface area contributed by atoms with Gasteiger partial charge in [-0.3, -0.25) is 10.1 Å². The van der Waals surface area contributed by atoms with Crippen LogP contribution in [0.1, 0.15) is 40.6 Å². The first-order valence-corrected chi connectivity index (χ1v) is 9.98. The van der Waals surface area contributed by atoms with Crippen LogP contribution in [0.25, 0.3) is 0 Å². The molecule has 0 spiro atoms. The maximum absolute atomic E-state index is 12.7. The number of amides is 2. The molecule has 11 heteroatoms. The molecule has 0 radical (unpaired) electrons. The lowest BCUT2D eigenvalue weighted by molar-refractivity contribution is 0.0823. The average Bonchev–Trinajstić information content (AvgIpc) is 3.62. The molecule has 2 amide bonds. The summed E-state index contributed by atoms with van der Waals surface area (Å²) in [4.78, 5) is 47.5. The van der Waals surface area contributed by atoms with Crippen molar-refractivity contribution in [2.45, 2.75) is 25.7 Å². The summed E-state index contributed by atoms with van der Waals surface area (Å²) in [5.74, 6) is 0.223. The van der Waals surface area contributed by atoms with Gasteiger partial charge >= 0.3 is 6.09 Å². The van der Waals surface area contributed by atoms with Crippen LogP contribution in [-0.4, -0.2) is 55.9 Å². The van der Waals surface area contributed by atoms with Crippen molar-refractivity contribution < 1.29 is 14.3 Å². The van der Waals surface area contributed by atoms with Crippen molar-refractivity contribution in [1.82, 2.24) is 29.8 Å². The van der Waals surface area contributed by atoms with Crippen LogP contribution >= 0.6 is 0 Å². The second-order valence-corrected chi connectivity index (χ2v) is 7.54. The van der Waals surface area contributed by atoms with Gasteiger partial charge in [0.25, 0.3) is 11.8 Å². The lowest BCUT2D eigenvalue weighted by Gasteiger charge is -2.15. The van der Waals surface area contributed by atoms with Gasteiger partial charge in [-0.15, -0.1) is 0 Å². The monoisotopic (exact) mass is 434 g/mol. The first-order valence-electron chi connectivity index (χ1n) is 9.98. The van der Waals surface area contributed by atoms with Crippen LogP contribution in [0.2, 0.25) is 0 Å². The zero-order valence-corrected chi connectivity index (χ0v) is 17.9. The van der Waals surface area contributed by atoms with E-state index in [-0.39, 0.29) is 29.0 Å². The summed E-state index contributed by atoms with van der Waals surface area (Å²) in [6.45, 7) is 1.76. The van der Waals surface area contributed by atoms with Crippen molar-refractivity contribution in [3.05, 3.63) is 54.1 Å². The lowest BCUT2D eigenvalue weighted by Crippen LogP contribution is -2.26. The number of aromatic nitrogens is 5. The number of nitrogens with one attached hydrogen (secondary N) is 2. The fourth-order valence-corrected chi connectivity index (χ4v) is 2.87. The second kappa shape index (κ2) is 8.92. The molecule has 3 heterocycles. The number of nitrogens with zero attached hydrogens (tertiary/aromatic N) is 6. The quantitative estimate of drug-likeness (QED) is 0.600. The van der Waals surface area contributed by atoms with Gasteiger partial charge in [0.15, 0.2) is 11.5 Å². The Kier molecular flexibility index (Phi) is 5.88. The first kappa shape index (κ1) is 21.1. The summed E-state index contributed by atoms with van der Waals surface area (Å²) in [6, 6.07) is 3.30. The van der Waals surface area contributed by atoms with Crippen molar-refractivity contribution in [2.75, 3.05) is 24.7 Å². The lowest BCUT2D eigenvalue weighted by atomic mass is 10.2. The van der Waals surface area contributed by atoms with Gasteiger partial charge in [-0.1, -0.05) is 0 Å². The predicted octanol–water partition coefficient (Wildman–Crippen LogP) is 2.90. The molecule has 0 atom stereocenters. The van der Waals surface area contributed by atoms with Gasteiger partial charge in [0.2, 0.25) is 0 Å². The first-order chi connectivity index (χ1) is 15.4. The number of carbonyl (C=O) groups excluding carboxylic acids is 2. The number of rotatable bonds is 6. The molecule has 32 heavy (non-hydrogen) atoms. The van der Waals surface area contributed by atoms with Gasteiger partial charge in [-0.2, -0.15) is 0 Å². The number of hydrogen-bond donors (Lipinski definition) is 2. The Morgan fingerprint density at radius 3 is 2.53 bits per heavy atom. The Morgan fingerprint density at radius 2 is 1.84 bits per heavy atom. The number of anilines is 3. The molecule has 1 fully saturated rings. The van der Waals surface area contributed by atoms with Crippen molar-refractivity contribution in [3.8, 4) is 5.88 Å². The van der Waals surface area contributed by atoms with Gasteiger partial charge in [0.05, 0.1) is 35.7 Å². The van der Waals surface area contributed by atoms with Crippen molar-refractivity contribution in [3.63, 3.8) is 0 Å². The van der Waals surface area contributed by atoms with Gasteiger partial charge in [-0.25, -0.2) is 29.7 Å². The number of hydrogen-bond acceptors (Lipinski definition) is 9. The molecule has 164 valence electrons. The van der Waals surface area contributed by atoms with E-state index in [9.17, 15) is 9.59 Å². The number of carbonyl (C=O) groups is 2. The highest BCUT2D eigenvalue weighted by Crippen LogP contribution is 2.40. The zero-order chi connectivity index (χ0) is 22.7. The van der Waals surface area contributed by atoms with Crippen LogP contribution in [0.5, 0.6) is 5.88 Å². The van der Waals surface area contributed by atoms with E-state index >= 15 is 0 Å². The molecule has 11 nitrogen and oxygen atoms in total. The highest BCUT2D eigenvalue weighted by atomic mass is 16.6. The van der Waals surface area contributed by atoms with E-state index in [1.807, 2.05) is 0 Å². The van der Waals surface area contributed by atoms with E-state index in [1.54, 1.807) is 51.7 Å².